The lowest BCUT2D eigenvalue weighted by molar-refractivity contribution is 0.194. The van der Waals surface area contributed by atoms with Crippen molar-refractivity contribution in [2.75, 3.05) is 26.8 Å². The summed E-state index contributed by atoms with van der Waals surface area (Å²) in [5.41, 5.74) is 1.17. The molecule has 2 aromatic heterocycles. The molecular weight excluding hydrogens is 292 g/mol. The van der Waals surface area contributed by atoms with Crippen LogP contribution in [0.3, 0.4) is 0 Å². The summed E-state index contributed by atoms with van der Waals surface area (Å²) >= 11 is 5.99. The minimum Gasteiger partial charge on any atom is -0.385 e. The Morgan fingerprint density at radius 1 is 1.57 bits per heavy atom. The maximum atomic E-state index is 12.2. The average Bonchev–Trinajstić information content (AvgIpc) is 2.79. The summed E-state index contributed by atoms with van der Waals surface area (Å²) in [7, 11) is 1.69. The van der Waals surface area contributed by atoms with Gasteiger partial charge in [-0.25, -0.2) is 9.78 Å². The maximum absolute atomic E-state index is 12.2. The predicted molar refractivity (Wildman–Crippen MR) is 84.1 cm³/mol. The molecule has 0 aliphatic heterocycles. The van der Waals surface area contributed by atoms with Crippen molar-refractivity contribution in [3.8, 4) is 0 Å². The van der Waals surface area contributed by atoms with Crippen LogP contribution in [0.1, 0.15) is 25.8 Å². The Morgan fingerprint density at radius 2 is 2.38 bits per heavy atom. The third-order valence-corrected chi connectivity index (χ3v) is 3.66. The van der Waals surface area contributed by atoms with Crippen molar-refractivity contribution in [3.63, 3.8) is 0 Å². The largest absolute Gasteiger partial charge is 0.385 e. The van der Waals surface area contributed by atoms with Crippen molar-refractivity contribution in [2.24, 2.45) is 0 Å². The zero-order chi connectivity index (χ0) is 15.2. The Bertz CT molecular complexity index is 637. The summed E-state index contributed by atoms with van der Waals surface area (Å²) in [6, 6.07) is 1.84. The highest BCUT2D eigenvalue weighted by atomic mass is 35.5. The first-order valence-corrected chi connectivity index (χ1v) is 7.50. The van der Waals surface area contributed by atoms with Gasteiger partial charge in [-0.15, -0.1) is 0 Å². The monoisotopic (exact) mass is 312 g/mol. The second kappa shape index (κ2) is 7.59. The number of halogens is 1. The number of pyridine rings is 1. The Balaban J connectivity index is 2.16. The molecule has 0 fully saturated rings. The molecular formula is C14H21ClN4O2. The lowest BCUT2D eigenvalue weighted by Gasteiger charge is -2.17. The van der Waals surface area contributed by atoms with Crippen molar-refractivity contribution in [3.05, 3.63) is 27.8 Å². The van der Waals surface area contributed by atoms with E-state index in [2.05, 4.69) is 22.2 Å². The highest BCUT2D eigenvalue weighted by Crippen LogP contribution is 2.18. The molecule has 2 aromatic rings. The molecule has 7 heteroatoms. The fraction of sp³-hybridized carbons (Fsp3) is 0.571. The number of nitrogens with one attached hydrogen (secondary N) is 2. The number of nitrogens with zero attached hydrogens (tertiary/aromatic N) is 2. The summed E-state index contributed by atoms with van der Waals surface area (Å²) < 4.78 is 6.75. The fourth-order valence-corrected chi connectivity index (χ4v) is 2.52. The van der Waals surface area contributed by atoms with E-state index < -0.39 is 0 Å². The van der Waals surface area contributed by atoms with Crippen LogP contribution >= 0.6 is 11.6 Å². The highest BCUT2D eigenvalue weighted by Gasteiger charge is 2.16. The van der Waals surface area contributed by atoms with E-state index in [-0.39, 0.29) is 11.7 Å². The van der Waals surface area contributed by atoms with Crippen LogP contribution < -0.4 is 11.0 Å². The van der Waals surface area contributed by atoms with Gasteiger partial charge >= 0.3 is 5.69 Å². The van der Waals surface area contributed by atoms with E-state index in [0.717, 1.165) is 38.1 Å². The van der Waals surface area contributed by atoms with Gasteiger partial charge in [-0.2, -0.15) is 0 Å². The van der Waals surface area contributed by atoms with Crippen molar-refractivity contribution < 1.29 is 4.74 Å². The molecule has 1 atom stereocenters. The molecule has 0 bridgehead atoms. The predicted octanol–water partition coefficient (Wildman–Crippen LogP) is 1.96. The Hall–Kier alpha value is -1.37. The second-order valence-corrected chi connectivity index (χ2v) is 5.37. The second-order valence-electron chi connectivity index (χ2n) is 4.93. The smallest absolute Gasteiger partial charge is 0.327 e. The van der Waals surface area contributed by atoms with Crippen LogP contribution in [0, 0.1) is 0 Å². The van der Waals surface area contributed by atoms with Crippen LogP contribution in [0.25, 0.3) is 11.2 Å². The number of fused-ring (bicyclic) bond motifs is 1. The van der Waals surface area contributed by atoms with Gasteiger partial charge in [-0.1, -0.05) is 18.5 Å². The Labute approximate surface area is 128 Å². The first-order valence-electron chi connectivity index (χ1n) is 7.12. The van der Waals surface area contributed by atoms with Crippen LogP contribution in [-0.2, 0) is 4.74 Å². The molecule has 2 heterocycles. The van der Waals surface area contributed by atoms with Crippen LogP contribution in [0.2, 0.25) is 5.02 Å². The number of aromatic amines is 1. The highest BCUT2D eigenvalue weighted by molar-refractivity contribution is 6.31. The quantitative estimate of drug-likeness (QED) is 0.731. The van der Waals surface area contributed by atoms with Gasteiger partial charge in [0.25, 0.3) is 0 Å². The minimum atomic E-state index is -0.148. The SMILES string of the molecule is CC[C@H](CNCCCOC)n1c(=O)[nH]c2ncc(Cl)cc21. The van der Waals surface area contributed by atoms with E-state index in [1.54, 1.807) is 17.7 Å². The van der Waals surface area contributed by atoms with Crippen LogP contribution in [0.4, 0.5) is 0 Å². The van der Waals surface area contributed by atoms with Gasteiger partial charge in [0.2, 0.25) is 0 Å². The summed E-state index contributed by atoms with van der Waals surface area (Å²) in [5.74, 6) is 0. The van der Waals surface area contributed by atoms with Crippen LogP contribution in [0.15, 0.2) is 17.1 Å². The summed E-state index contributed by atoms with van der Waals surface area (Å²) in [6.45, 7) is 4.38. The number of methoxy groups -OCH3 is 1. The van der Waals surface area contributed by atoms with Gasteiger partial charge in [-0.3, -0.25) is 9.55 Å². The van der Waals surface area contributed by atoms with Gasteiger partial charge in [-0.05, 0) is 25.5 Å². The molecule has 6 nitrogen and oxygen atoms in total. The number of imidazole rings is 1. The average molecular weight is 313 g/mol. The summed E-state index contributed by atoms with van der Waals surface area (Å²) in [4.78, 5) is 19.1. The number of hydrogen-bond acceptors (Lipinski definition) is 4. The van der Waals surface area contributed by atoms with E-state index in [0.29, 0.717) is 10.7 Å². The van der Waals surface area contributed by atoms with Gasteiger partial charge in [0.05, 0.1) is 16.6 Å². The fourth-order valence-electron chi connectivity index (χ4n) is 2.37. The summed E-state index contributed by atoms with van der Waals surface area (Å²) in [6.07, 6.45) is 3.33. The molecule has 0 saturated carbocycles. The van der Waals surface area contributed by atoms with E-state index >= 15 is 0 Å². The molecule has 0 spiro atoms. The Morgan fingerprint density at radius 3 is 3.10 bits per heavy atom. The molecule has 0 aromatic carbocycles. The van der Waals surface area contributed by atoms with E-state index in [1.165, 1.54) is 6.20 Å². The lowest BCUT2D eigenvalue weighted by atomic mass is 10.2. The maximum Gasteiger partial charge on any atom is 0.327 e. The third-order valence-electron chi connectivity index (χ3n) is 3.46. The molecule has 2 rings (SSSR count). The summed E-state index contributed by atoms with van der Waals surface area (Å²) in [5, 5.41) is 3.89. The number of hydrogen-bond donors (Lipinski definition) is 2. The first kappa shape index (κ1) is 16.0. The molecule has 0 saturated heterocycles. The van der Waals surface area contributed by atoms with Gasteiger partial charge in [0.15, 0.2) is 5.65 Å². The number of aromatic nitrogens is 3. The van der Waals surface area contributed by atoms with E-state index in [9.17, 15) is 4.79 Å². The number of ether oxygens (including phenoxy) is 1. The first-order chi connectivity index (χ1) is 10.2. The molecule has 116 valence electrons. The topological polar surface area (TPSA) is 71.9 Å². The van der Waals surface area contributed by atoms with E-state index in [1.807, 2.05) is 0 Å². The van der Waals surface area contributed by atoms with Crippen LogP contribution in [0.5, 0.6) is 0 Å². The molecule has 0 amide bonds. The van der Waals surface area contributed by atoms with Crippen molar-refractivity contribution in [1.82, 2.24) is 19.9 Å². The zero-order valence-corrected chi connectivity index (χ0v) is 13.1. The number of rotatable bonds is 8. The molecule has 0 aliphatic carbocycles. The lowest BCUT2D eigenvalue weighted by Crippen LogP contribution is -2.31. The van der Waals surface area contributed by atoms with Crippen LogP contribution in [-0.4, -0.2) is 41.3 Å². The van der Waals surface area contributed by atoms with Crippen molar-refractivity contribution in [1.29, 1.82) is 0 Å². The Kier molecular flexibility index (Phi) is 5.78. The molecule has 0 aliphatic rings. The van der Waals surface area contributed by atoms with Gasteiger partial charge in [0, 0.05) is 26.5 Å². The normalized spacial score (nSPS) is 12.9. The van der Waals surface area contributed by atoms with Gasteiger partial charge < -0.3 is 10.1 Å². The van der Waals surface area contributed by atoms with Gasteiger partial charge in [0.1, 0.15) is 0 Å². The minimum absolute atomic E-state index is 0.0639. The van der Waals surface area contributed by atoms with Crippen molar-refractivity contribution >= 4 is 22.8 Å². The molecule has 2 N–H and O–H groups in total. The number of H-pyrrole nitrogens is 1. The zero-order valence-electron chi connectivity index (χ0n) is 12.4. The molecule has 21 heavy (non-hydrogen) atoms. The molecule has 0 unspecified atom stereocenters. The van der Waals surface area contributed by atoms with Crippen molar-refractivity contribution in [2.45, 2.75) is 25.8 Å². The third kappa shape index (κ3) is 3.84. The standard InChI is InChI=1S/C14H21ClN4O2/c1-3-11(9-16-5-4-6-21-2)19-12-7-10(15)8-17-13(12)18-14(19)20/h7-8,11,16H,3-6,9H2,1-2H3,(H,17,18,20)/t11-/m1/s1. The molecule has 0 radical (unpaired) electrons. The van der Waals surface area contributed by atoms with E-state index in [4.69, 9.17) is 16.3 Å².